The third-order valence-corrected chi connectivity index (χ3v) is 7.29. The van der Waals surface area contributed by atoms with Crippen LogP contribution in [0.2, 0.25) is 5.02 Å². The molecule has 5 aromatic rings. The van der Waals surface area contributed by atoms with Crippen molar-refractivity contribution in [2.45, 2.75) is 33.2 Å². The van der Waals surface area contributed by atoms with E-state index >= 15 is 4.39 Å². The molecule has 0 N–H and O–H groups in total. The van der Waals surface area contributed by atoms with Gasteiger partial charge in [-0.2, -0.15) is 5.26 Å². The molecular weight excluding hydrogens is 517 g/mol. The van der Waals surface area contributed by atoms with Crippen LogP contribution in [0.5, 0.6) is 11.8 Å². The van der Waals surface area contributed by atoms with E-state index in [1.54, 1.807) is 42.9 Å². The van der Waals surface area contributed by atoms with Crippen molar-refractivity contribution in [1.82, 2.24) is 29.4 Å². The number of fused-ring (bicyclic) bond motifs is 3. The molecule has 198 valence electrons. The third-order valence-electron chi connectivity index (χ3n) is 6.98. The highest BCUT2D eigenvalue weighted by molar-refractivity contribution is 6.33. The topological polar surface area (TPSA) is 92.8 Å². The normalized spacial score (nSPS) is 14.3. The van der Waals surface area contributed by atoms with Crippen molar-refractivity contribution in [3.8, 4) is 29.0 Å². The standard InChI is InChI=1S/C28H23ClFN7O.CH4/c1-17-35-26-16-34-25-15-24(30)21(20-4-3-19(13-23(20)29)38-28-32-8-2-9-33-28)14-22(25)27(26)37(17)18-5-10-36(11-6-18)12-7-31;/h2-4,8-9,13-16,18H,5-6,10-12H2,1H3;1H4. The minimum Gasteiger partial charge on any atom is -0.424 e. The molecule has 0 aliphatic carbocycles. The van der Waals surface area contributed by atoms with E-state index in [2.05, 4.69) is 30.5 Å². The van der Waals surface area contributed by atoms with E-state index in [0.29, 0.717) is 34.0 Å². The molecule has 3 aromatic heterocycles. The van der Waals surface area contributed by atoms with Gasteiger partial charge in [0, 0.05) is 60.2 Å². The van der Waals surface area contributed by atoms with Crippen LogP contribution in [0.15, 0.2) is 55.0 Å². The summed E-state index contributed by atoms with van der Waals surface area (Å²) in [6, 6.07) is 12.7. The predicted molar refractivity (Wildman–Crippen MR) is 149 cm³/mol. The summed E-state index contributed by atoms with van der Waals surface area (Å²) in [4.78, 5) is 19.5. The molecule has 0 unspecified atom stereocenters. The number of rotatable bonds is 5. The zero-order valence-electron chi connectivity index (χ0n) is 20.6. The maximum absolute atomic E-state index is 15.4. The van der Waals surface area contributed by atoms with Crippen LogP contribution < -0.4 is 4.74 Å². The van der Waals surface area contributed by atoms with E-state index in [1.807, 2.05) is 13.0 Å². The molecular formula is C29H27ClFN7O. The van der Waals surface area contributed by atoms with Gasteiger partial charge in [-0.25, -0.2) is 19.3 Å². The SMILES string of the molecule is C.Cc1nc2cnc3cc(F)c(-c4ccc(Oc5ncccn5)cc4Cl)cc3c2n1C1CCN(CC#N)CC1. The number of aryl methyl sites for hydroxylation is 1. The number of aromatic nitrogens is 5. The molecule has 0 spiro atoms. The lowest BCUT2D eigenvalue weighted by molar-refractivity contribution is 0.206. The number of nitrogens with zero attached hydrogens (tertiary/aromatic N) is 7. The maximum Gasteiger partial charge on any atom is 0.321 e. The lowest BCUT2D eigenvalue weighted by Crippen LogP contribution is -2.35. The van der Waals surface area contributed by atoms with E-state index in [9.17, 15) is 0 Å². The first-order chi connectivity index (χ1) is 18.5. The smallest absolute Gasteiger partial charge is 0.321 e. The van der Waals surface area contributed by atoms with Crippen LogP contribution in [-0.4, -0.2) is 49.0 Å². The summed E-state index contributed by atoms with van der Waals surface area (Å²) in [5.74, 6) is 0.923. The molecule has 6 rings (SSSR count). The Hall–Kier alpha value is -4.13. The van der Waals surface area contributed by atoms with Crippen LogP contribution in [0.25, 0.3) is 33.1 Å². The Bertz CT molecular complexity index is 1690. The molecule has 1 fully saturated rings. The Balaban J connectivity index is 0.00000308. The van der Waals surface area contributed by atoms with Crippen LogP contribution in [-0.2, 0) is 0 Å². The van der Waals surface area contributed by atoms with E-state index in [0.717, 1.165) is 48.2 Å². The highest BCUT2D eigenvalue weighted by Gasteiger charge is 2.25. The van der Waals surface area contributed by atoms with Crippen LogP contribution in [0.4, 0.5) is 4.39 Å². The summed E-state index contributed by atoms with van der Waals surface area (Å²) in [5.41, 5.74) is 3.17. The summed E-state index contributed by atoms with van der Waals surface area (Å²) < 4.78 is 23.3. The van der Waals surface area contributed by atoms with Gasteiger partial charge in [-0.15, -0.1) is 0 Å². The van der Waals surface area contributed by atoms with E-state index < -0.39 is 5.82 Å². The second kappa shape index (κ2) is 10.9. The lowest BCUT2D eigenvalue weighted by Gasteiger charge is -2.32. The van der Waals surface area contributed by atoms with Gasteiger partial charge >= 0.3 is 6.01 Å². The van der Waals surface area contributed by atoms with Gasteiger partial charge in [0.05, 0.1) is 34.9 Å². The van der Waals surface area contributed by atoms with Crippen molar-refractivity contribution in [3.05, 3.63) is 71.7 Å². The van der Waals surface area contributed by atoms with Crippen molar-refractivity contribution in [2.75, 3.05) is 19.6 Å². The second-order valence-corrected chi connectivity index (χ2v) is 9.72. The lowest BCUT2D eigenvalue weighted by atomic mass is 10.0. The van der Waals surface area contributed by atoms with E-state index in [4.69, 9.17) is 26.6 Å². The van der Waals surface area contributed by atoms with Crippen molar-refractivity contribution in [3.63, 3.8) is 0 Å². The largest absolute Gasteiger partial charge is 0.424 e. The van der Waals surface area contributed by atoms with E-state index in [-0.39, 0.29) is 19.5 Å². The van der Waals surface area contributed by atoms with Crippen molar-refractivity contribution in [1.29, 1.82) is 5.26 Å². The molecule has 10 heteroatoms. The Labute approximate surface area is 230 Å². The first kappa shape index (κ1) is 26.5. The average Bonchev–Trinajstić information content (AvgIpc) is 3.26. The van der Waals surface area contributed by atoms with Gasteiger partial charge in [0.15, 0.2) is 0 Å². The highest BCUT2D eigenvalue weighted by Crippen LogP contribution is 2.38. The quantitative estimate of drug-likeness (QED) is 0.227. The molecule has 39 heavy (non-hydrogen) atoms. The minimum absolute atomic E-state index is 0. The number of imidazole rings is 1. The molecule has 2 aromatic carbocycles. The number of ether oxygens (including phenoxy) is 1. The Morgan fingerprint density at radius 2 is 1.85 bits per heavy atom. The van der Waals surface area contributed by atoms with Crippen molar-refractivity contribution in [2.24, 2.45) is 0 Å². The molecule has 0 atom stereocenters. The van der Waals surface area contributed by atoms with Crippen molar-refractivity contribution >= 4 is 33.5 Å². The van der Waals surface area contributed by atoms with Gasteiger partial charge in [0.25, 0.3) is 0 Å². The van der Waals surface area contributed by atoms with Gasteiger partial charge in [-0.05, 0) is 44.0 Å². The van der Waals surface area contributed by atoms with Crippen LogP contribution >= 0.6 is 11.6 Å². The minimum atomic E-state index is -0.418. The summed E-state index contributed by atoms with van der Waals surface area (Å²) in [6.45, 7) is 4.12. The molecule has 4 heterocycles. The number of benzene rings is 2. The fourth-order valence-electron chi connectivity index (χ4n) is 5.22. The number of likely N-dealkylation sites (tertiary alicyclic amines) is 1. The van der Waals surface area contributed by atoms with Gasteiger partial charge in [0.1, 0.15) is 22.9 Å². The van der Waals surface area contributed by atoms with Gasteiger partial charge in [0.2, 0.25) is 0 Å². The third kappa shape index (κ3) is 5.01. The zero-order valence-corrected chi connectivity index (χ0v) is 21.4. The Morgan fingerprint density at radius 1 is 1.08 bits per heavy atom. The second-order valence-electron chi connectivity index (χ2n) is 9.31. The number of piperidine rings is 1. The summed E-state index contributed by atoms with van der Waals surface area (Å²) in [5, 5.41) is 10.2. The number of nitriles is 1. The first-order valence-corrected chi connectivity index (χ1v) is 12.7. The Kier molecular flexibility index (Phi) is 7.42. The maximum atomic E-state index is 15.4. The molecule has 0 bridgehead atoms. The zero-order chi connectivity index (χ0) is 26.2. The number of halogens is 2. The summed E-state index contributed by atoms with van der Waals surface area (Å²) >= 11 is 6.62. The highest BCUT2D eigenvalue weighted by atomic mass is 35.5. The van der Waals surface area contributed by atoms with Gasteiger partial charge in [-0.3, -0.25) is 9.88 Å². The van der Waals surface area contributed by atoms with Crippen LogP contribution in [0.1, 0.15) is 32.1 Å². The summed E-state index contributed by atoms with van der Waals surface area (Å²) in [7, 11) is 0. The van der Waals surface area contributed by atoms with Crippen LogP contribution in [0.3, 0.4) is 0 Å². The fourth-order valence-corrected chi connectivity index (χ4v) is 5.50. The molecule has 0 amide bonds. The van der Waals surface area contributed by atoms with Crippen molar-refractivity contribution < 1.29 is 9.13 Å². The van der Waals surface area contributed by atoms with Crippen LogP contribution in [0, 0.1) is 24.1 Å². The van der Waals surface area contributed by atoms with Gasteiger partial charge in [-0.1, -0.05) is 19.0 Å². The molecule has 1 aliphatic rings. The molecule has 0 radical (unpaired) electrons. The number of hydrogen-bond acceptors (Lipinski definition) is 7. The molecule has 0 saturated carbocycles. The van der Waals surface area contributed by atoms with E-state index in [1.165, 1.54) is 6.07 Å². The average molecular weight is 544 g/mol. The monoisotopic (exact) mass is 543 g/mol. The fraction of sp³-hybridized carbons (Fsp3) is 0.276. The predicted octanol–water partition coefficient (Wildman–Crippen LogP) is 6.73. The number of hydrogen-bond donors (Lipinski definition) is 0. The Morgan fingerprint density at radius 3 is 2.56 bits per heavy atom. The number of pyridine rings is 1. The van der Waals surface area contributed by atoms with Gasteiger partial charge < -0.3 is 9.30 Å². The molecule has 1 aliphatic heterocycles. The molecule has 1 saturated heterocycles. The first-order valence-electron chi connectivity index (χ1n) is 12.3. The summed E-state index contributed by atoms with van der Waals surface area (Å²) in [6.07, 6.45) is 6.68. The molecule has 8 nitrogen and oxygen atoms in total.